The maximum absolute atomic E-state index is 12.1. The number of methoxy groups -OCH3 is 2. The molecule has 1 saturated heterocycles. The summed E-state index contributed by atoms with van der Waals surface area (Å²) in [7, 11) is 2.55. The molecule has 2 rings (SSSR count). The molecule has 1 atom stereocenters. The van der Waals surface area contributed by atoms with Gasteiger partial charge in [0.2, 0.25) is 5.91 Å². The minimum absolute atomic E-state index is 0.0610. The summed E-state index contributed by atoms with van der Waals surface area (Å²) in [6.07, 6.45) is 0.0610. The molecule has 1 unspecified atom stereocenters. The molecule has 1 heterocycles. The quantitative estimate of drug-likeness (QED) is 0.794. The third-order valence-corrected chi connectivity index (χ3v) is 3.64. The standard InChI is InChI=1S/C14H14ClNO5/c1-20-13(18)8-3-4-10(15)11(5-8)16-7-9(6-12(16)17)14(19)21-2/h3-5,9H,6-7H2,1-2H3. The second-order valence-electron chi connectivity index (χ2n) is 4.59. The number of nitrogens with zero attached hydrogens (tertiary/aromatic N) is 1. The fraction of sp³-hybridized carbons (Fsp3) is 0.357. The summed E-state index contributed by atoms with van der Waals surface area (Å²) in [6.45, 7) is 0.176. The van der Waals surface area contributed by atoms with Crippen molar-refractivity contribution in [2.75, 3.05) is 25.7 Å². The predicted molar refractivity (Wildman–Crippen MR) is 75.3 cm³/mol. The van der Waals surface area contributed by atoms with Crippen LogP contribution in [-0.2, 0) is 19.1 Å². The highest BCUT2D eigenvalue weighted by molar-refractivity contribution is 6.34. The van der Waals surface area contributed by atoms with Crippen molar-refractivity contribution in [2.24, 2.45) is 5.92 Å². The van der Waals surface area contributed by atoms with Crippen molar-refractivity contribution < 1.29 is 23.9 Å². The fourth-order valence-corrected chi connectivity index (χ4v) is 2.45. The first kappa shape index (κ1) is 15.3. The molecule has 1 aromatic rings. The Hall–Kier alpha value is -2.08. The highest BCUT2D eigenvalue weighted by atomic mass is 35.5. The molecule has 0 saturated carbocycles. The van der Waals surface area contributed by atoms with Gasteiger partial charge in [0.05, 0.1) is 36.4 Å². The van der Waals surface area contributed by atoms with Crippen LogP contribution in [0.25, 0.3) is 0 Å². The predicted octanol–water partition coefficient (Wildman–Crippen LogP) is 1.65. The van der Waals surface area contributed by atoms with Gasteiger partial charge < -0.3 is 14.4 Å². The van der Waals surface area contributed by atoms with E-state index in [1.54, 1.807) is 0 Å². The summed E-state index contributed by atoms with van der Waals surface area (Å²) in [5, 5.41) is 0.321. The number of carbonyl (C=O) groups excluding carboxylic acids is 3. The summed E-state index contributed by atoms with van der Waals surface area (Å²) >= 11 is 6.09. The lowest BCUT2D eigenvalue weighted by Gasteiger charge is -2.18. The number of benzene rings is 1. The van der Waals surface area contributed by atoms with E-state index in [1.165, 1.54) is 37.3 Å². The molecular formula is C14H14ClNO5. The van der Waals surface area contributed by atoms with Crippen LogP contribution in [-0.4, -0.2) is 38.6 Å². The number of amides is 1. The molecule has 112 valence electrons. The summed E-state index contributed by atoms with van der Waals surface area (Å²) in [4.78, 5) is 36.5. The monoisotopic (exact) mass is 311 g/mol. The number of hydrogen-bond donors (Lipinski definition) is 0. The largest absolute Gasteiger partial charge is 0.469 e. The van der Waals surface area contributed by atoms with E-state index in [9.17, 15) is 14.4 Å². The van der Waals surface area contributed by atoms with Gasteiger partial charge in [-0.05, 0) is 18.2 Å². The Balaban J connectivity index is 2.31. The fourth-order valence-electron chi connectivity index (χ4n) is 2.23. The number of anilines is 1. The summed E-state index contributed by atoms with van der Waals surface area (Å²) in [6, 6.07) is 4.50. The van der Waals surface area contributed by atoms with Crippen LogP contribution >= 0.6 is 11.6 Å². The first-order chi connectivity index (χ1) is 9.97. The normalized spacial score (nSPS) is 17.8. The van der Waals surface area contributed by atoms with Gasteiger partial charge in [0, 0.05) is 13.0 Å². The van der Waals surface area contributed by atoms with E-state index in [0.29, 0.717) is 10.7 Å². The van der Waals surface area contributed by atoms with Crippen LogP contribution in [0.4, 0.5) is 5.69 Å². The number of carbonyl (C=O) groups is 3. The lowest BCUT2D eigenvalue weighted by atomic mass is 10.1. The van der Waals surface area contributed by atoms with Crippen molar-refractivity contribution in [1.82, 2.24) is 0 Å². The van der Waals surface area contributed by atoms with Crippen molar-refractivity contribution in [3.63, 3.8) is 0 Å². The Morgan fingerprint density at radius 1 is 1.29 bits per heavy atom. The van der Waals surface area contributed by atoms with Gasteiger partial charge in [-0.1, -0.05) is 11.6 Å². The molecule has 0 bridgehead atoms. The van der Waals surface area contributed by atoms with Crippen LogP contribution in [0, 0.1) is 5.92 Å². The smallest absolute Gasteiger partial charge is 0.337 e. The second-order valence-corrected chi connectivity index (χ2v) is 4.99. The maximum atomic E-state index is 12.1. The van der Waals surface area contributed by atoms with Crippen LogP contribution in [0.15, 0.2) is 18.2 Å². The number of hydrogen-bond acceptors (Lipinski definition) is 5. The highest BCUT2D eigenvalue weighted by Crippen LogP contribution is 2.32. The van der Waals surface area contributed by atoms with Crippen LogP contribution in [0.2, 0.25) is 5.02 Å². The first-order valence-corrected chi connectivity index (χ1v) is 6.61. The van der Waals surface area contributed by atoms with Gasteiger partial charge >= 0.3 is 11.9 Å². The first-order valence-electron chi connectivity index (χ1n) is 6.24. The zero-order chi connectivity index (χ0) is 15.6. The van der Waals surface area contributed by atoms with Crippen molar-refractivity contribution >= 4 is 35.1 Å². The van der Waals surface area contributed by atoms with Crippen LogP contribution in [0.3, 0.4) is 0 Å². The topological polar surface area (TPSA) is 72.9 Å². The molecule has 0 aliphatic carbocycles. The van der Waals surface area contributed by atoms with E-state index in [4.69, 9.17) is 11.6 Å². The maximum Gasteiger partial charge on any atom is 0.337 e. The molecule has 0 N–H and O–H groups in total. The van der Waals surface area contributed by atoms with Gasteiger partial charge in [-0.15, -0.1) is 0 Å². The Kier molecular flexibility index (Phi) is 4.47. The van der Waals surface area contributed by atoms with Gasteiger partial charge in [-0.3, -0.25) is 9.59 Å². The van der Waals surface area contributed by atoms with E-state index in [1.807, 2.05) is 0 Å². The minimum Gasteiger partial charge on any atom is -0.469 e. The Morgan fingerprint density at radius 3 is 2.62 bits per heavy atom. The Labute approximate surface area is 126 Å². The molecular weight excluding hydrogens is 298 g/mol. The molecule has 1 aromatic carbocycles. The SMILES string of the molecule is COC(=O)c1ccc(Cl)c(N2CC(C(=O)OC)CC2=O)c1. The third-order valence-electron chi connectivity index (χ3n) is 3.32. The Bertz CT molecular complexity index is 601. The molecule has 1 aliphatic heterocycles. The number of ether oxygens (including phenoxy) is 2. The summed E-state index contributed by atoms with van der Waals surface area (Å²) in [5.74, 6) is -1.73. The van der Waals surface area contributed by atoms with Gasteiger partial charge in [-0.25, -0.2) is 4.79 Å². The molecule has 21 heavy (non-hydrogen) atoms. The molecule has 7 heteroatoms. The second kappa shape index (κ2) is 6.13. The average molecular weight is 312 g/mol. The zero-order valence-corrected chi connectivity index (χ0v) is 12.3. The molecule has 0 radical (unpaired) electrons. The lowest BCUT2D eigenvalue weighted by Crippen LogP contribution is -2.26. The van der Waals surface area contributed by atoms with E-state index >= 15 is 0 Å². The molecule has 1 fully saturated rings. The molecule has 0 aromatic heterocycles. The minimum atomic E-state index is -0.527. The van der Waals surface area contributed by atoms with Crippen LogP contribution in [0.5, 0.6) is 0 Å². The van der Waals surface area contributed by atoms with Crippen molar-refractivity contribution in [3.05, 3.63) is 28.8 Å². The third kappa shape index (κ3) is 3.00. The van der Waals surface area contributed by atoms with E-state index in [2.05, 4.69) is 9.47 Å². The van der Waals surface area contributed by atoms with Crippen molar-refractivity contribution in [1.29, 1.82) is 0 Å². The van der Waals surface area contributed by atoms with Crippen LogP contribution in [0.1, 0.15) is 16.8 Å². The number of halogens is 1. The van der Waals surface area contributed by atoms with Gasteiger partial charge in [-0.2, -0.15) is 0 Å². The Morgan fingerprint density at radius 2 is 2.00 bits per heavy atom. The number of esters is 2. The summed E-state index contributed by atoms with van der Waals surface area (Å²) < 4.78 is 9.29. The van der Waals surface area contributed by atoms with Crippen molar-refractivity contribution in [2.45, 2.75) is 6.42 Å². The summed E-state index contributed by atoms with van der Waals surface area (Å²) in [5.41, 5.74) is 0.669. The number of rotatable bonds is 3. The van der Waals surface area contributed by atoms with Crippen molar-refractivity contribution in [3.8, 4) is 0 Å². The zero-order valence-electron chi connectivity index (χ0n) is 11.6. The van der Waals surface area contributed by atoms with Gasteiger partial charge in [0.1, 0.15) is 0 Å². The molecule has 0 spiro atoms. The van der Waals surface area contributed by atoms with E-state index < -0.39 is 17.9 Å². The molecule has 6 nitrogen and oxygen atoms in total. The van der Waals surface area contributed by atoms with Gasteiger partial charge in [0.25, 0.3) is 0 Å². The van der Waals surface area contributed by atoms with E-state index in [-0.39, 0.29) is 24.4 Å². The lowest BCUT2D eigenvalue weighted by molar-refractivity contribution is -0.145. The molecule has 1 aliphatic rings. The average Bonchev–Trinajstić information content (AvgIpc) is 2.88. The highest BCUT2D eigenvalue weighted by Gasteiger charge is 2.36. The van der Waals surface area contributed by atoms with Crippen LogP contribution < -0.4 is 4.90 Å². The van der Waals surface area contributed by atoms with E-state index in [0.717, 1.165) is 0 Å². The van der Waals surface area contributed by atoms with Gasteiger partial charge in [0.15, 0.2) is 0 Å². The molecule has 1 amide bonds.